The summed E-state index contributed by atoms with van der Waals surface area (Å²) in [6.45, 7) is 3.62. The van der Waals surface area contributed by atoms with E-state index < -0.39 is 5.97 Å². The van der Waals surface area contributed by atoms with Gasteiger partial charge in [-0.1, -0.05) is 17.7 Å². The molecule has 2 heterocycles. The first-order valence-electron chi connectivity index (χ1n) is 6.48. The van der Waals surface area contributed by atoms with Crippen LogP contribution in [-0.4, -0.2) is 47.3 Å². The molecule has 106 valence electrons. The van der Waals surface area contributed by atoms with Gasteiger partial charge in [0.2, 0.25) is 0 Å². The summed E-state index contributed by atoms with van der Waals surface area (Å²) in [5.41, 5.74) is 1.82. The van der Waals surface area contributed by atoms with E-state index in [2.05, 4.69) is 9.88 Å². The standard InChI is InChI=1S/C14H15ClN2O3/c15-9-1-2-10-11(8-17-3-5-20-6-4-17)13(14(18)19)16-12(10)7-9/h1-2,7,16H,3-6,8H2,(H,18,19). The average molecular weight is 295 g/mol. The Hall–Kier alpha value is -1.56. The van der Waals surface area contributed by atoms with Crippen LogP contribution in [0.1, 0.15) is 16.1 Å². The van der Waals surface area contributed by atoms with Crippen LogP contribution in [0.15, 0.2) is 18.2 Å². The monoisotopic (exact) mass is 294 g/mol. The zero-order chi connectivity index (χ0) is 14.1. The summed E-state index contributed by atoms with van der Waals surface area (Å²) in [4.78, 5) is 16.6. The van der Waals surface area contributed by atoms with Crippen molar-refractivity contribution in [2.75, 3.05) is 26.3 Å². The summed E-state index contributed by atoms with van der Waals surface area (Å²) in [6, 6.07) is 5.41. The number of nitrogens with one attached hydrogen (secondary N) is 1. The predicted molar refractivity (Wildman–Crippen MR) is 76.4 cm³/mol. The topological polar surface area (TPSA) is 65.6 Å². The number of carboxylic acid groups (broad SMARTS) is 1. The van der Waals surface area contributed by atoms with E-state index in [-0.39, 0.29) is 5.69 Å². The summed E-state index contributed by atoms with van der Waals surface area (Å²) in [6.07, 6.45) is 0. The Morgan fingerprint density at radius 3 is 2.85 bits per heavy atom. The third kappa shape index (κ3) is 2.52. The van der Waals surface area contributed by atoms with Gasteiger partial charge in [0.05, 0.1) is 13.2 Å². The van der Waals surface area contributed by atoms with Crippen molar-refractivity contribution in [2.45, 2.75) is 6.54 Å². The molecule has 1 aliphatic rings. The highest BCUT2D eigenvalue weighted by Gasteiger charge is 2.20. The van der Waals surface area contributed by atoms with Gasteiger partial charge in [-0.25, -0.2) is 4.79 Å². The number of ether oxygens (including phenoxy) is 1. The molecule has 2 aromatic rings. The van der Waals surface area contributed by atoms with E-state index in [1.165, 1.54) is 0 Å². The third-order valence-electron chi connectivity index (χ3n) is 3.57. The Bertz CT molecular complexity index is 647. The molecule has 2 N–H and O–H groups in total. The predicted octanol–water partition coefficient (Wildman–Crippen LogP) is 2.35. The van der Waals surface area contributed by atoms with Gasteiger partial charge in [0.1, 0.15) is 5.69 Å². The van der Waals surface area contributed by atoms with Crippen molar-refractivity contribution in [3.8, 4) is 0 Å². The Morgan fingerprint density at radius 1 is 1.40 bits per heavy atom. The lowest BCUT2D eigenvalue weighted by Gasteiger charge is -2.26. The van der Waals surface area contributed by atoms with Gasteiger partial charge in [0.25, 0.3) is 0 Å². The lowest BCUT2D eigenvalue weighted by Crippen LogP contribution is -2.35. The fraction of sp³-hybridized carbons (Fsp3) is 0.357. The van der Waals surface area contributed by atoms with Gasteiger partial charge in [0.15, 0.2) is 0 Å². The number of nitrogens with zero attached hydrogens (tertiary/aromatic N) is 1. The summed E-state index contributed by atoms with van der Waals surface area (Å²) < 4.78 is 5.32. The molecule has 20 heavy (non-hydrogen) atoms. The normalized spacial score (nSPS) is 16.6. The van der Waals surface area contributed by atoms with E-state index in [1.54, 1.807) is 12.1 Å². The maximum absolute atomic E-state index is 11.4. The molecule has 0 atom stereocenters. The summed E-state index contributed by atoms with van der Waals surface area (Å²) in [5.74, 6) is -0.944. The number of benzene rings is 1. The highest BCUT2D eigenvalue weighted by atomic mass is 35.5. The number of hydrogen-bond acceptors (Lipinski definition) is 3. The first-order chi connectivity index (χ1) is 9.65. The highest BCUT2D eigenvalue weighted by molar-refractivity contribution is 6.31. The second kappa shape index (κ2) is 5.44. The second-order valence-electron chi connectivity index (χ2n) is 4.86. The first-order valence-corrected chi connectivity index (χ1v) is 6.86. The smallest absolute Gasteiger partial charge is 0.352 e. The largest absolute Gasteiger partial charge is 0.477 e. The minimum atomic E-state index is -0.944. The van der Waals surface area contributed by atoms with Gasteiger partial charge in [0, 0.05) is 41.1 Å². The third-order valence-corrected chi connectivity index (χ3v) is 3.80. The van der Waals surface area contributed by atoms with E-state index in [4.69, 9.17) is 16.3 Å². The number of aromatic nitrogens is 1. The van der Waals surface area contributed by atoms with Crippen LogP contribution >= 0.6 is 11.6 Å². The van der Waals surface area contributed by atoms with Gasteiger partial charge in [-0.05, 0) is 12.1 Å². The molecule has 3 rings (SSSR count). The van der Waals surface area contributed by atoms with E-state index in [0.29, 0.717) is 24.8 Å². The molecule has 0 spiro atoms. The minimum absolute atomic E-state index is 0.244. The number of H-pyrrole nitrogens is 1. The lowest BCUT2D eigenvalue weighted by molar-refractivity contribution is 0.0341. The van der Waals surface area contributed by atoms with E-state index in [9.17, 15) is 9.90 Å². The van der Waals surface area contributed by atoms with Crippen LogP contribution in [0.4, 0.5) is 0 Å². The number of aromatic amines is 1. The van der Waals surface area contributed by atoms with E-state index in [1.807, 2.05) is 6.07 Å². The van der Waals surface area contributed by atoms with Crippen LogP contribution in [0.5, 0.6) is 0 Å². The van der Waals surface area contributed by atoms with Gasteiger partial charge < -0.3 is 14.8 Å². The number of carbonyl (C=O) groups is 1. The van der Waals surface area contributed by atoms with Crippen LogP contribution in [0.3, 0.4) is 0 Å². The number of halogens is 1. The number of aromatic carboxylic acids is 1. The van der Waals surface area contributed by atoms with Crippen molar-refractivity contribution in [1.82, 2.24) is 9.88 Å². The molecule has 5 nitrogen and oxygen atoms in total. The molecule has 0 radical (unpaired) electrons. The molecule has 1 aliphatic heterocycles. The SMILES string of the molecule is O=C(O)c1[nH]c2cc(Cl)ccc2c1CN1CCOCC1. The van der Waals surface area contributed by atoms with E-state index >= 15 is 0 Å². The van der Waals surface area contributed by atoms with Gasteiger partial charge >= 0.3 is 5.97 Å². The van der Waals surface area contributed by atoms with Gasteiger partial charge in [-0.3, -0.25) is 4.90 Å². The van der Waals surface area contributed by atoms with E-state index in [0.717, 1.165) is 29.6 Å². The number of carboxylic acids is 1. The van der Waals surface area contributed by atoms with Crippen molar-refractivity contribution < 1.29 is 14.6 Å². The van der Waals surface area contributed by atoms with Crippen molar-refractivity contribution in [3.05, 3.63) is 34.5 Å². The number of fused-ring (bicyclic) bond motifs is 1. The number of hydrogen-bond donors (Lipinski definition) is 2. The summed E-state index contributed by atoms with van der Waals surface area (Å²) in [5, 5.41) is 10.9. The molecular weight excluding hydrogens is 280 g/mol. The van der Waals surface area contributed by atoms with Crippen molar-refractivity contribution in [2.24, 2.45) is 0 Å². The Balaban J connectivity index is 2.01. The second-order valence-corrected chi connectivity index (χ2v) is 5.30. The molecular formula is C14H15ClN2O3. The molecule has 0 amide bonds. The summed E-state index contributed by atoms with van der Waals surface area (Å²) >= 11 is 5.96. The van der Waals surface area contributed by atoms with Crippen LogP contribution in [-0.2, 0) is 11.3 Å². The highest BCUT2D eigenvalue weighted by Crippen LogP contribution is 2.27. The molecule has 1 fully saturated rings. The maximum atomic E-state index is 11.4. The molecule has 0 aliphatic carbocycles. The average Bonchev–Trinajstić information content (AvgIpc) is 2.78. The zero-order valence-electron chi connectivity index (χ0n) is 10.9. The van der Waals surface area contributed by atoms with Gasteiger partial charge in [-0.15, -0.1) is 0 Å². The molecule has 0 saturated carbocycles. The quantitative estimate of drug-likeness (QED) is 0.912. The van der Waals surface area contributed by atoms with Crippen LogP contribution in [0.25, 0.3) is 10.9 Å². The fourth-order valence-electron chi connectivity index (χ4n) is 2.56. The molecule has 1 saturated heterocycles. The first kappa shape index (κ1) is 13.4. The molecule has 1 aromatic carbocycles. The number of morpholine rings is 1. The zero-order valence-corrected chi connectivity index (χ0v) is 11.6. The van der Waals surface area contributed by atoms with Crippen LogP contribution in [0, 0.1) is 0 Å². The van der Waals surface area contributed by atoms with Crippen molar-refractivity contribution in [3.63, 3.8) is 0 Å². The Morgan fingerprint density at radius 2 is 2.15 bits per heavy atom. The van der Waals surface area contributed by atoms with Gasteiger partial charge in [-0.2, -0.15) is 0 Å². The Kier molecular flexibility index (Phi) is 3.65. The number of rotatable bonds is 3. The summed E-state index contributed by atoms with van der Waals surface area (Å²) in [7, 11) is 0. The molecule has 1 aromatic heterocycles. The minimum Gasteiger partial charge on any atom is -0.477 e. The molecule has 0 unspecified atom stereocenters. The lowest BCUT2D eigenvalue weighted by atomic mass is 10.1. The Labute approximate surface area is 121 Å². The maximum Gasteiger partial charge on any atom is 0.352 e. The molecule has 0 bridgehead atoms. The fourth-order valence-corrected chi connectivity index (χ4v) is 2.73. The van der Waals surface area contributed by atoms with Crippen LogP contribution < -0.4 is 0 Å². The molecule has 6 heteroatoms. The van der Waals surface area contributed by atoms with Crippen molar-refractivity contribution in [1.29, 1.82) is 0 Å². The van der Waals surface area contributed by atoms with Crippen molar-refractivity contribution >= 4 is 28.5 Å². The van der Waals surface area contributed by atoms with Crippen LogP contribution in [0.2, 0.25) is 5.02 Å².